The van der Waals surface area contributed by atoms with Crippen LogP contribution in [0.2, 0.25) is 0 Å². The number of carbonyl (C=O) groups is 2. The Morgan fingerprint density at radius 1 is 0.750 bits per heavy atom. The van der Waals surface area contributed by atoms with Gasteiger partial charge in [0.05, 0.1) is 0 Å². The summed E-state index contributed by atoms with van der Waals surface area (Å²) in [4.78, 5) is 24.2. The highest BCUT2D eigenvalue weighted by molar-refractivity contribution is 6.07. The van der Waals surface area contributed by atoms with E-state index in [1.54, 1.807) is 0 Å². The molecular formula is C18H16N4O2. The van der Waals surface area contributed by atoms with Crippen LogP contribution < -0.4 is 5.01 Å². The molecule has 120 valence electrons. The number of amides is 2. The summed E-state index contributed by atoms with van der Waals surface area (Å²) in [5.74, 6) is 0.0491. The van der Waals surface area contributed by atoms with Gasteiger partial charge in [-0.3, -0.25) is 9.59 Å². The van der Waals surface area contributed by atoms with Crippen molar-refractivity contribution >= 4 is 11.8 Å². The Balaban J connectivity index is 2.27. The molecule has 2 aromatic carbocycles. The number of imide groups is 1. The minimum atomic E-state index is -0.406. The van der Waals surface area contributed by atoms with Crippen LogP contribution in [0, 0.1) is 0 Å². The Hall–Kier alpha value is -3.28. The fraction of sp³-hybridized carbons (Fsp3) is 0.111. The number of aromatic nitrogens is 3. The van der Waals surface area contributed by atoms with Crippen LogP contribution in [0.5, 0.6) is 0 Å². The third-order valence-electron chi connectivity index (χ3n) is 3.50. The summed E-state index contributed by atoms with van der Waals surface area (Å²) in [5.41, 5.74) is 1.53. The minimum absolute atomic E-state index is 0.406. The Bertz CT molecular complexity index is 802. The average Bonchev–Trinajstić information content (AvgIpc) is 3.00. The fourth-order valence-corrected chi connectivity index (χ4v) is 2.51. The van der Waals surface area contributed by atoms with Gasteiger partial charge in [0.1, 0.15) is 0 Å². The first-order valence-corrected chi connectivity index (χ1v) is 7.47. The molecule has 0 fully saturated rings. The van der Waals surface area contributed by atoms with Crippen molar-refractivity contribution in [2.24, 2.45) is 0 Å². The van der Waals surface area contributed by atoms with Crippen molar-refractivity contribution in [3.63, 3.8) is 0 Å². The van der Waals surface area contributed by atoms with E-state index in [4.69, 9.17) is 0 Å². The molecule has 0 spiro atoms. The van der Waals surface area contributed by atoms with Crippen molar-refractivity contribution in [3.05, 3.63) is 60.7 Å². The molecule has 0 saturated carbocycles. The zero-order valence-corrected chi connectivity index (χ0v) is 13.4. The molecule has 24 heavy (non-hydrogen) atoms. The van der Waals surface area contributed by atoms with Crippen molar-refractivity contribution in [2.45, 2.75) is 13.8 Å². The normalized spacial score (nSPS) is 10.4. The lowest BCUT2D eigenvalue weighted by Gasteiger charge is -2.21. The van der Waals surface area contributed by atoms with E-state index in [2.05, 4.69) is 10.2 Å². The molecular weight excluding hydrogens is 304 g/mol. The molecule has 6 heteroatoms. The minimum Gasteiger partial charge on any atom is -0.273 e. The van der Waals surface area contributed by atoms with Gasteiger partial charge in [-0.05, 0) is 0 Å². The first-order chi connectivity index (χ1) is 11.6. The Morgan fingerprint density at radius 3 is 1.46 bits per heavy atom. The zero-order valence-electron chi connectivity index (χ0n) is 13.4. The summed E-state index contributed by atoms with van der Waals surface area (Å²) in [6, 6.07) is 18.6. The first kappa shape index (κ1) is 15.6. The van der Waals surface area contributed by atoms with Crippen LogP contribution in [0.4, 0.5) is 0 Å². The van der Waals surface area contributed by atoms with Crippen molar-refractivity contribution < 1.29 is 9.59 Å². The maximum absolute atomic E-state index is 12.1. The molecule has 3 aromatic rings. The van der Waals surface area contributed by atoms with E-state index in [0.717, 1.165) is 16.1 Å². The lowest BCUT2D eigenvalue weighted by atomic mass is 10.2. The number of benzene rings is 2. The molecule has 0 bridgehead atoms. The summed E-state index contributed by atoms with van der Waals surface area (Å²) < 4.78 is 1.47. The van der Waals surface area contributed by atoms with Gasteiger partial charge in [-0.25, -0.2) is 4.68 Å². The van der Waals surface area contributed by atoms with Crippen LogP contribution >= 0.6 is 0 Å². The number of nitrogens with zero attached hydrogens (tertiary/aromatic N) is 4. The predicted molar refractivity (Wildman–Crippen MR) is 90.5 cm³/mol. The van der Waals surface area contributed by atoms with Crippen molar-refractivity contribution in [1.29, 1.82) is 0 Å². The molecule has 1 heterocycles. The van der Waals surface area contributed by atoms with E-state index in [1.807, 2.05) is 60.7 Å². The monoisotopic (exact) mass is 320 g/mol. The van der Waals surface area contributed by atoms with Crippen LogP contribution in [0.15, 0.2) is 60.7 Å². The Labute approximate surface area is 139 Å². The zero-order chi connectivity index (χ0) is 17.1. The molecule has 0 unspecified atom stereocenters. The van der Waals surface area contributed by atoms with Crippen LogP contribution in [-0.2, 0) is 9.59 Å². The highest BCUT2D eigenvalue weighted by Gasteiger charge is 2.25. The van der Waals surface area contributed by atoms with Gasteiger partial charge in [-0.1, -0.05) is 60.7 Å². The van der Waals surface area contributed by atoms with Gasteiger partial charge in [-0.15, -0.1) is 10.2 Å². The van der Waals surface area contributed by atoms with Crippen molar-refractivity contribution in [3.8, 4) is 22.8 Å². The van der Waals surface area contributed by atoms with E-state index in [-0.39, 0.29) is 0 Å². The molecule has 0 radical (unpaired) electrons. The standard InChI is InChI=1S/C18H16N4O2/c1-13(23)21(14(2)24)22-17(15-9-5-3-6-10-15)19-20-18(22)16-11-7-4-8-12-16/h3-12H,1-2H3. The maximum Gasteiger partial charge on any atom is 0.245 e. The second-order valence-electron chi connectivity index (χ2n) is 5.24. The first-order valence-electron chi connectivity index (χ1n) is 7.47. The third-order valence-corrected chi connectivity index (χ3v) is 3.50. The van der Waals surface area contributed by atoms with Crippen LogP contribution in [0.3, 0.4) is 0 Å². The SMILES string of the molecule is CC(=O)N(C(C)=O)n1c(-c2ccccc2)nnc1-c1ccccc1. The largest absolute Gasteiger partial charge is 0.273 e. The number of carbonyl (C=O) groups excluding carboxylic acids is 2. The van der Waals surface area contributed by atoms with E-state index < -0.39 is 11.8 Å². The summed E-state index contributed by atoms with van der Waals surface area (Å²) in [7, 11) is 0. The topological polar surface area (TPSA) is 68.1 Å². The fourth-order valence-electron chi connectivity index (χ4n) is 2.51. The average molecular weight is 320 g/mol. The molecule has 0 atom stereocenters. The van der Waals surface area contributed by atoms with Crippen LogP contribution in [0.1, 0.15) is 13.8 Å². The van der Waals surface area contributed by atoms with Gasteiger partial charge in [-0.2, -0.15) is 5.01 Å². The Kier molecular flexibility index (Phi) is 4.20. The summed E-state index contributed by atoms with van der Waals surface area (Å²) in [6.45, 7) is 2.68. The highest BCUT2D eigenvalue weighted by Crippen LogP contribution is 2.25. The second kappa shape index (κ2) is 6.45. The second-order valence-corrected chi connectivity index (χ2v) is 5.24. The van der Waals surface area contributed by atoms with Crippen LogP contribution in [0.25, 0.3) is 22.8 Å². The van der Waals surface area contributed by atoms with E-state index in [0.29, 0.717) is 11.6 Å². The summed E-state index contributed by atoms with van der Waals surface area (Å²) in [5, 5.41) is 9.48. The summed E-state index contributed by atoms with van der Waals surface area (Å²) in [6.07, 6.45) is 0. The quantitative estimate of drug-likeness (QED) is 0.744. The Morgan fingerprint density at radius 2 is 1.12 bits per heavy atom. The van der Waals surface area contributed by atoms with Gasteiger partial charge >= 0.3 is 0 Å². The van der Waals surface area contributed by atoms with Gasteiger partial charge in [0.2, 0.25) is 11.8 Å². The highest BCUT2D eigenvalue weighted by atomic mass is 16.2. The summed E-state index contributed by atoms with van der Waals surface area (Å²) >= 11 is 0. The van der Waals surface area contributed by atoms with E-state index in [9.17, 15) is 9.59 Å². The lowest BCUT2D eigenvalue weighted by Crippen LogP contribution is -2.43. The number of hydrogen-bond donors (Lipinski definition) is 0. The molecule has 0 N–H and O–H groups in total. The molecule has 0 saturated heterocycles. The van der Waals surface area contributed by atoms with E-state index in [1.165, 1.54) is 18.5 Å². The third kappa shape index (κ3) is 2.81. The molecule has 0 aliphatic rings. The predicted octanol–water partition coefficient (Wildman–Crippen LogP) is 2.64. The van der Waals surface area contributed by atoms with E-state index >= 15 is 0 Å². The smallest absolute Gasteiger partial charge is 0.245 e. The molecule has 0 aliphatic heterocycles. The lowest BCUT2D eigenvalue weighted by molar-refractivity contribution is -0.126. The number of hydrogen-bond acceptors (Lipinski definition) is 4. The van der Waals surface area contributed by atoms with Gasteiger partial charge in [0.25, 0.3) is 0 Å². The molecule has 3 rings (SSSR count). The molecule has 6 nitrogen and oxygen atoms in total. The van der Waals surface area contributed by atoms with Gasteiger partial charge in [0.15, 0.2) is 11.6 Å². The van der Waals surface area contributed by atoms with Gasteiger partial charge < -0.3 is 0 Å². The number of rotatable bonds is 3. The van der Waals surface area contributed by atoms with Gasteiger partial charge in [0, 0.05) is 25.0 Å². The van der Waals surface area contributed by atoms with Crippen molar-refractivity contribution in [1.82, 2.24) is 14.9 Å². The molecule has 1 aromatic heterocycles. The maximum atomic E-state index is 12.1. The molecule has 0 aliphatic carbocycles. The molecule has 2 amide bonds. The van der Waals surface area contributed by atoms with Crippen LogP contribution in [-0.4, -0.2) is 26.7 Å². The van der Waals surface area contributed by atoms with Crippen molar-refractivity contribution in [2.75, 3.05) is 5.01 Å².